The van der Waals surface area contributed by atoms with E-state index in [-0.39, 0.29) is 103 Å². The second kappa shape index (κ2) is 31.0. The summed E-state index contributed by atoms with van der Waals surface area (Å²) in [6.07, 6.45) is 0. The van der Waals surface area contributed by atoms with Crippen molar-refractivity contribution >= 4 is 28.8 Å². The van der Waals surface area contributed by atoms with Crippen molar-refractivity contribution in [1.82, 2.24) is 0 Å². The summed E-state index contributed by atoms with van der Waals surface area (Å²) in [5, 5.41) is 0. The molecule has 0 spiro atoms. The van der Waals surface area contributed by atoms with Gasteiger partial charge in [0.15, 0.2) is 0 Å². The Hall–Kier alpha value is 5.67. The molecule has 0 aromatic heterocycles. The predicted octanol–water partition coefficient (Wildman–Crippen LogP) is -4.42. The van der Waals surface area contributed by atoms with Gasteiger partial charge in [-0.3, -0.25) is 0 Å². The molecule has 0 radical (unpaired) electrons. The van der Waals surface area contributed by atoms with Crippen LogP contribution in [0, 0.1) is 0 Å². The monoisotopic (exact) mass is 630 g/mol. The van der Waals surface area contributed by atoms with E-state index < -0.39 is 0 Å². The zero-order valence-electron chi connectivity index (χ0n) is 3.39. The SMILES string of the molecule is [Cl][Pt-].[I][Pt-].[K+].[K+]. The summed E-state index contributed by atoms with van der Waals surface area (Å²) in [7, 11) is 4.61. The molecule has 0 aliphatic carbocycles. The summed E-state index contributed by atoms with van der Waals surface area (Å²) >= 11 is 5.84. The van der Waals surface area contributed by atoms with Crippen molar-refractivity contribution in [3.05, 3.63) is 0 Å². The van der Waals surface area contributed by atoms with E-state index in [0.717, 1.165) is 0 Å². The number of rotatable bonds is 0. The minimum absolute atomic E-state index is 0. The Labute approximate surface area is 160 Å². The molecule has 0 bridgehead atoms. The average molecular weight is 631 g/mol. The van der Waals surface area contributed by atoms with Gasteiger partial charge >= 0.3 is 166 Å². The molecule has 0 unspecified atom stereocenters. The van der Waals surface area contributed by atoms with E-state index in [1.165, 1.54) is 0 Å². The van der Waals surface area contributed by atoms with Crippen LogP contribution in [0.4, 0.5) is 0 Å². The maximum atomic E-state index is 4.61. The first-order chi connectivity index (χ1) is 2.00. The van der Waals surface area contributed by atoms with Gasteiger partial charge < -0.3 is 0 Å². The van der Waals surface area contributed by atoms with E-state index >= 15 is 0 Å². The molecule has 0 fully saturated rings. The van der Waals surface area contributed by atoms with Crippen LogP contribution in [0.15, 0.2) is 0 Å². The van der Waals surface area contributed by atoms with Crippen LogP contribution in [0.25, 0.3) is 0 Å². The minimum atomic E-state index is 0. The standard InChI is InChI=1S/ClH.HI.2K.2Pt/h2*1H;;;;/q;;2*+1;;/p-2. The van der Waals surface area contributed by atoms with Crippen LogP contribution in [0.3, 0.4) is 0 Å². The van der Waals surface area contributed by atoms with E-state index in [9.17, 15) is 0 Å². The van der Waals surface area contributed by atoms with Crippen LogP contribution in [-0.2, 0) is 34.9 Å². The first-order valence-corrected chi connectivity index (χ1v) is 9.50. The van der Waals surface area contributed by atoms with Gasteiger partial charge in [0.25, 0.3) is 0 Å². The molecular formula is ClIK2Pt2. The van der Waals surface area contributed by atoms with Crippen LogP contribution >= 0.6 is 28.8 Å². The van der Waals surface area contributed by atoms with Crippen molar-refractivity contribution in [2.24, 2.45) is 0 Å². The molecule has 0 aliphatic heterocycles. The van der Waals surface area contributed by atoms with Gasteiger partial charge in [-0.15, -0.1) is 0 Å². The number of halogens is 2. The molecule has 0 saturated carbocycles. The molecule has 6 heavy (non-hydrogen) atoms. The quantitative estimate of drug-likeness (QED) is 0.188. The third-order valence-electron chi connectivity index (χ3n) is 0. The molecule has 0 heterocycles. The van der Waals surface area contributed by atoms with Crippen molar-refractivity contribution in [1.29, 1.82) is 0 Å². The Kier molecular flexibility index (Phi) is 117. The van der Waals surface area contributed by atoms with Gasteiger partial charge in [0.05, 0.1) is 0 Å². The van der Waals surface area contributed by atoms with Crippen LogP contribution in [0.1, 0.15) is 0 Å². The molecule has 0 rings (SSSR count). The second-order valence-corrected chi connectivity index (χ2v) is 0. The van der Waals surface area contributed by atoms with Crippen LogP contribution < -0.4 is 103 Å². The molecule has 0 amide bonds. The molecule has 0 nitrogen and oxygen atoms in total. The Morgan fingerprint density at radius 3 is 1.00 bits per heavy atom. The average Bonchev–Trinajstić information content (AvgIpc) is 1.50. The summed E-state index contributed by atoms with van der Waals surface area (Å²) in [6, 6.07) is 0. The third kappa shape index (κ3) is 22.6. The first-order valence-electron chi connectivity index (χ1n) is 0.239. The van der Waals surface area contributed by atoms with Gasteiger partial charge in [-0.2, -0.15) is 0 Å². The molecule has 36 valence electrons. The van der Waals surface area contributed by atoms with Crippen molar-refractivity contribution in [2.45, 2.75) is 0 Å². The summed E-state index contributed by atoms with van der Waals surface area (Å²) in [6.45, 7) is 0. The van der Waals surface area contributed by atoms with E-state index in [1.807, 2.05) is 0 Å². The molecule has 0 saturated heterocycles. The predicted molar refractivity (Wildman–Crippen MR) is 19.9 cm³/mol. The zero-order valence-corrected chi connectivity index (χ0v) is 17.1. The third-order valence-corrected chi connectivity index (χ3v) is 0. The summed E-state index contributed by atoms with van der Waals surface area (Å²) in [5.74, 6) is 0. The summed E-state index contributed by atoms with van der Waals surface area (Å²) < 4.78 is 0. The smallest absolute Gasteiger partial charge is 1.00 e. The zero-order chi connectivity index (χ0) is 4.00. The normalized spacial score (nSPS) is 2.33. The van der Waals surface area contributed by atoms with Crippen LogP contribution in [0.2, 0.25) is 0 Å². The first kappa shape index (κ1) is 22.6. The number of hydrogen-bond acceptors (Lipinski definition) is 0. The van der Waals surface area contributed by atoms with E-state index in [1.54, 1.807) is 18.8 Å². The van der Waals surface area contributed by atoms with Gasteiger partial charge in [0.1, 0.15) is 0 Å². The van der Waals surface area contributed by atoms with Crippen molar-refractivity contribution in [2.75, 3.05) is 0 Å². The Morgan fingerprint density at radius 1 is 1.00 bits per heavy atom. The Morgan fingerprint density at radius 2 is 1.00 bits per heavy atom. The van der Waals surface area contributed by atoms with Crippen LogP contribution in [0.5, 0.6) is 0 Å². The fraction of sp³-hybridized carbons (Fsp3) is 0. The Bertz CT molecular complexity index is 11.5. The van der Waals surface area contributed by atoms with E-state index in [2.05, 4.69) is 44.9 Å². The molecule has 6 heteroatoms. The van der Waals surface area contributed by atoms with Gasteiger partial charge in [-0.05, 0) is 0 Å². The van der Waals surface area contributed by atoms with Gasteiger partial charge in [-0.25, -0.2) is 0 Å². The molecular weight excluding hydrogens is 631 g/mol. The molecule has 0 N–H and O–H groups in total. The van der Waals surface area contributed by atoms with E-state index in [4.69, 9.17) is 0 Å². The molecule has 0 aromatic rings. The maximum Gasteiger partial charge on any atom is 1.00 e. The topological polar surface area (TPSA) is 0 Å². The molecule has 0 aromatic carbocycles. The number of hydrogen-bond donors (Lipinski definition) is 0. The van der Waals surface area contributed by atoms with Gasteiger partial charge in [-0.1, -0.05) is 0 Å². The van der Waals surface area contributed by atoms with E-state index in [0.29, 0.717) is 0 Å². The van der Waals surface area contributed by atoms with Crippen molar-refractivity contribution in [3.8, 4) is 0 Å². The van der Waals surface area contributed by atoms with Crippen molar-refractivity contribution in [3.63, 3.8) is 0 Å². The molecule has 0 atom stereocenters. The largest absolute Gasteiger partial charge is 1.00 e. The minimum Gasteiger partial charge on any atom is 1.00 e. The maximum absolute atomic E-state index is 4.61. The van der Waals surface area contributed by atoms with Gasteiger partial charge in [0, 0.05) is 0 Å². The van der Waals surface area contributed by atoms with Gasteiger partial charge in [0.2, 0.25) is 0 Å². The molecule has 0 aliphatic rings. The fourth-order valence-corrected chi connectivity index (χ4v) is 0. The fourth-order valence-electron chi connectivity index (χ4n) is 0. The van der Waals surface area contributed by atoms with Crippen molar-refractivity contribution < 1.29 is 138 Å². The Balaban J connectivity index is -0.00000000500. The summed E-state index contributed by atoms with van der Waals surface area (Å²) in [4.78, 5) is 0. The van der Waals surface area contributed by atoms with Crippen LogP contribution in [-0.4, -0.2) is 0 Å². The summed E-state index contributed by atoms with van der Waals surface area (Å²) in [5.41, 5.74) is 0. The second-order valence-electron chi connectivity index (χ2n) is 0.